The molecule has 0 aliphatic rings. The van der Waals surface area contributed by atoms with Crippen LogP contribution in [0.4, 0.5) is 0 Å². The van der Waals surface area contributed by atoms with E-state index in [2.05, 4.69) is 16.9 Å². The molecule has 0 aliphatic carbocycles. The average molecular weight is 251 g/mol. The first-order valence-corrected chi connectivity index (χ1v) is 5.12. The molecule has 0 saturated heterocycles. The van der Waals surface area contributed by atoms with Crippen molar-refractivity contribution in [2.24, 2.45) is 0 Å². The van der Waals surface area contributed by atoms with Crippen LogP contribution in [0.25, 0.3) is 0 Å². The lowest BCUT2D eigenvalue weighted by Gasteiger charge is -2.13. The van der Waals surface area contributed by atoms with Gasteiger partial charge in [-0.25, -0.2) is 4.79 Å². The summed E-state index contributed by atoms with van der Waals surface area (Å²) < 4.78 is 0. The van der Waals surface area contributed by atoms with Crippen molar-refractivity contribution in [1.29, 1.82) is 0 Å². The lowest BCUT2D eigenvalue weighted by atomic mass is 10.1. The highest BCUT2D eigenvalue weighted by molar-refractivity contribution is 5.81. The molecule has 18 heavy (non-hydrogen) atoms. The second-order valence-electron chi connectivity index (χ2n) is 3.50. The van der Waals surface area contributed by atoms with E-state index >= 15 is 0 Å². The molecule has 6 heteroatoms. The Morgan fingerprint density at radius 3 is 2.50 bits per heavy atom. The predicted octanol–water partition coefficient (Wildman–Crippen LogP) is 0.622. The number of carboxylic acids is 1. The van der Waals surface area contributed by atoms with E-state index in [9.17, 15) is 9.59 Å². The van der Waals surface area contributed by atoms with Gasteiger partial charge in [0.25, 0.3) is 0 Å². The highest BCUT2D eigenvalue weighted by Gasteiger charge is 2.19. The first-order chi connectivity index (χ1) is 8.52. The van der Waals surface area contributed by atoms with Crippen molar-refractivity contribution < 1.29 is 24.6 Å². The summed E-state index contributed by atoms with van der Waals surface area (Å²) in [5.74, 6) is -1.82. The highest BCUT2D eigenvalue weighted by Crippen LogP contribution is 2.11. The van der Waals surface area contributed by atoms with Crippen LogP contribution in [0.2, 0.25) is 0 Å². The summed E-state index contributed by atoms with van der Waals surface area (Å²) in [6, 6.07) is 5.00. The maximum atomic E-state index is 10.9. The second-order valence-corrected chi connectivity index (χ2v) is 3.50. The Balaban J connectivity index is 2.62. The van der Waals surface area contributed by atoms with Crippen LogP contribution in [-0.2, 0) is 20.8 Å². The third kappa shape index (κ3) is 4.26. The molecule has 0 aromatic heterocycles. The number of hydrogen-bond donors (Lipinski definition) is 3. The molecule has 0 unspecified atom stereocenters. The normalized spacial score (nSPS) is 11.6. The van der Waals surface area contributed by atoms with Crippen molar-refractivity contribution in [2.45, 2.75) is 12.5 Å². The number of aromatic hydroxyl groups is 1. The SMILES string of the molecule is C=CC(=O)ON[C@H](Cc1ccc(O)cc1)C(=O)O. The van der Waals surface area contributed by atoms with Gasteiger partial charge in [-0.05, 0) is 17.7 Å². The van der Waals surface area contributed by atoms with E-state index in [1.165, 1.54) is 12.1 Å². The van der Waals surface area contributed by atoms with Gasteiger partial charge in [-0.1, -0.05) is 18.7 Å². The number of carbonyl (C=O) groups is 2. The van der Waals surface area contributed by atoms with Gasteiger partial charge in [0.1, 0.15) is 11.8 Å². The first-order valence-electron chi connectivity index (χ1n) is 5.12. The molecule has 1 aromatic rings. The molecule has 0 radical (unpaired) electrons. The van der Waals surface area contributed by atoms with Gasteiger partial charge in [-0.2, -0.15) is 0 Å². The molecule has 1 rings (SSSR count). The van der Waals surface area contributed by atoms with Crippen molar-refractivity contribution in [3.63, 3.8) is 0 Å². The Hall–Kier alpha value is -2.34. The number of carbonyl (C=O) groups excluding carboxylic acids is 1. The Bertz CT molecular complexity index is 440. The van der Waals surface area contributed by atoms with E-state index < -0.39 is 18.0 Å². The van der Waals surface area contributed by atoms with Crippen molar-refractivity contribution >= 4 is 11.9 Å². The van der Waals surface area contributed by atoms with Crippen LogP contribution < -0.4 is 5.48 Å². The van der Waals surface area contributed by atoms with Crippen molar-refractivity contribution in [3.05, 3.63) is 42.5 Å². The van der Waals surface area contributed by atoms with Crippen LogP contribution in [-0.4, -0.2) is 28.2 Å². The molecular weight excluding hydrogens is 238 g/mol. The zero-order chi connectivity index (χ0) is 13.5. The van der Waals surface area contributed by atoms with Gasteiger partial charge in [0.2, 0.25) is 0 Å². The third-order valence-corrected chi connectivity index (χ3v) is 2.14. The number of rotatable bonds is 6. The van der Waals surface area contributed by atoms with Gasteiger partial charge < -0.3 is 15.1 Å². The predicted molar refractivity (Wildman–Crippen MR) is 62.7 cm³/mol. The number of hydroxylamine groups is 1. The highest BCUT2D eigenvalue weighted by atomic mass is 16.7. The van der Waals surface area contributed by atoms with Crippen LogP contribution in [0.15, 0.2) is 36.9 Å². The van der Waals surface area contributed by atoms with Crippen LogP contribution >= 0.6 is 0 Å². The van der Waals surface area contributed by atoms with Gasteiger partial charge in [0.05, 0.1) is 0 Å². The number of aliphatic carboxylic acids is 1. The maximum Gasteiger partial charge on any atom is 0.348 e. The van der Waals surface area contributed by atoms with Crippen molar-refractivity contribution in [1.82, 2.24) is 5.48 Å². The Morgan fingerprint density at radius 1 is 1.39 bits per heavy atom. The molecule has 0 saturated carbocycles. The van der Waals surface area contributed by atoms with Crippen LogP contribution in [0.1, 0.15) is 5.56 Å². The summed E-state index contributed by atoms with van der Waals surface area (Å²) in [6.07, 6.45) is 1.03. The van der Waals surface area contributed by atoms with Gasteiger partial charge in [0.15, 0.2) is 0 Å². The van der Waals surface area contributed by atoms with E-state index in [0.29, 0.717) is 5.56 Å². The van der Waals surface area contributed by atoms with Crippen molar-refractivity contribution in [2.75, 3.05) is 0 Å². The van der Waals surface area contributed by atoms with E-state index in [4.69, 9.17) is 10.2 Å². The van der Waals surface area contributed by atoms with Crippen LogP contribution in [0.5, 0.6) is 5.75 Å². The summed E-state index contributed by atoms with van der Waals surface area (Å²) in [5.41, 5.74) is 2.83. The lowest BCUT2D eigenvalue weighted by Crippen LogP contribution is -2.39. The number of phenols is 1. The zero-order valence-corrected chi connectivity index (χ0v) is 9.50. The second kappa shape index (κ2) is 6.41. The summed E-state index contributed by atoms with van der Waals surface area (Å²) in [7, 11) is 0. The van der Waals surface area contributed by atoms with Crippen LogP contribution in [0, 0.1) is 0 Å². The Labute approximate surface area is 103 Å². The molecular formula is C12H13NO5. The summed E-state index contributed by atoms with van der Waals surface area (Å²) >= 11 is 0. The largest absolute Gasteiger partial charge is 0.508 e. The van der Waals surface area contributed by atoms with Gasteiger partial charge in [-0.3, -0.25) is 4.79 Å². The molecule has 0 aliphatic heterocycles. The molecule has 6 nitrogen and oxygen atoms in total. The Morgan fingerprint density at radius 2 is 2.00 bits per heavy atom. The quantitative estimate of drug-likeness (QED) is 0.506. The number of benzene rings is 1. The van der Waals surface area contributed by atoms with E-state index in [-0.39, 0.29) is 12.2 Å². The van der Waals surface area contributed by atoms with Gasteiger partial charge in [0, 0.05) is 12.5 Å². The fourth-order valence-corrected chi connectivity index (χ4v) is 1.22. The minimum atomic E-state index is -1.15. The lowest BCUT2D eigenvalue weighted by molar-refractivity contribution is -0.153. The molecule has 0 bridgehead atoms. The zero-order valence-electron chi connectivity index (χ0n) is 9.50. The summed E-state index contributed by atoms with van der Waals surface area (Å²) in [5, 5.41) is 18.0. The maximum absolute atomic E-state index is 10.9. The smallest absolute Gasteiger partial charge is 0.348 e. The van der Waals surface area contributed by atoms with Crippen LogP contribution in [0.3, 0.4) is 0 Å². The topological polar surface area (TPSA) is 95.9 Å². The monoisotopic (exact) mass is 251 g/mol. The minimum absolute atomic E-state index is 0.0941. The standard InChI is InChI=1S/C12H13NO5/c1-2-11(15)18-13-10(12(16)17)7-8-3-5-9(14)6-4-8/h2-6,10,13-14H,1,7H2,(H,16,17)/t10-/m1/s1. The number of hydrogen-bond acceptors (Lipinski definition) is 5. The fourth-order valence-electron chi connectivity index (χ4n) is 1.22. The molecule has 0 fully saturated rings. The molecule has 96 valence electrons. The molecule has 0 amide bonds. The Kier molecular flexibility index (Phi) is 4.89. The minimum Gasteiger partial charge on any atom is -0.508 e. The number of nitrogens with one attached hydrogen (secondary N) is 1. The molecule has 1 atom stereocenters. The summed E-state index contributed by atoms with van der Waals surface area (Å²) in [6.45, 7) is 3.19. The average Bonchev–Trinajstić information content (AvgIpc) is 2.35. The molecule has 1 aromatic carbocycles. The molecule has 0 spiro atoms. The molecule has 3 N–H and O–H groups in total. The van der Waals surface area contributed by atoms with E-state index in [1.807, 2.05) is 0 Å². The van der Waals surface area contributed by atoms with E-state index in [1.54, 1.807) is 12.1 Å². The first kappa shape index (κ1) is 13.7. The molecule has 0 heterocycles. The van der Waals surface area contributed by atoms with Gasteiger partial charge in [-0.15, -0.1) is 5.48 Å². The number of carboxylic acid groups (broad SMARTS) is 1. The summed E-state index contributed by atoms with van der Waals surface area (Å²) in [4.78, 5) is 26.2. The fraction of sp³-hybridized carbons (Fsp3) is 0.167. The van der Waals surface area contributed by atoms with Gasteiger partial charge >= 0.3 is 11.9 Å². The third-order valence-electron chi connectivity index (χ3n) is 2.14. The van der Waals surface area contributed by atoms with E-state index in [0.717, 1.165) is 6.08 Å². The number of phenolic OH excluding ortho intramolecular Hbond substituents is 1. The van der Waals surface area contributed by atoms with Crippen molar-refractivity contribution in [3.8, 4) is 5.75 Å².